The third-order valence-corrected chi connectivity index (χ3v) is 2.39. The van der Waals surface area contributed by atoms with E-state index in [0.717, 1.165) is 11.1 Å². The summed E-state index contributed by atoms with van der Waals surface area (Å²) in [6, 6.07) is 5.31. The zero-order valence-corrected chi connectivity index (χ0v) is 10.6. The Hall–Kier alpha value is -1.71. The number of benzene rings is 1. The fraction of sp³-hybridized carbons (Fsp3) is 0.462. The molecule has 17 heavy (non-hydrogen) atoms. The normalized spacial score (nSPS) is 11.1. The number of hydrogen-bond donors (Lipinski definition) is 0. The van der Waals surface area contributed by atoms with Crippen LogP contribution in [0.25, 0.3) is 0 Å². The van der Waals surface area contributed by atoms with Gasteiger partial charge < -0.3 is 4.74 Å². The molecule has 92 valence electrons. The van der Waals surface area contributed by atoms with Crippen molar-refractivity contribution in [3.05, 3.63) is 34.2 Å². The summed E-state index contributed by atoms with van der Waals surface area (Å²) in [4.78, 5) is 21.4. The van der Waals surface area contributed by atoms with E-state index in [1.807, 2.05) is 26.8 Å². The van der Waals surface area contributed by atoms with Crippen molar-refractivity contribution < 1.29 is 9.53 Å². The van der Waals surface area contributed by atoms with Crippen LogP contribution in [0, 0.1) is 4.91 Å². The van der Waals surface area contributed by atoms with E-state index in [-0.39, 0.29) is 18.0 Å². The Morgan fingerprint density at radius 3 is 2.41 bits per heavy atom. The average Bonchev–Trinajstić information content (AvgIpc) is 2.24. The highest BCUT2D eigenvalue weighted by atomic mass is 16.5. The van der Waals surface area contributed by atoms with Gasteiger partial charge in [0.05, 0.1) is 0 Å². The molecule has 0 saturated carbocycles. The Labute approximate surface area is 101 Å². The van der Waals surface area contributed by atoms with Crippen LogP contribution < -0.4 is 0 Å². The van der Waals surface area contributed by atoms with Crippen LogP contribution in [0.5, 0.6) is 0 Å². The van der Waals surface area contributed by atoms with Gasteiger partial charge in [0.1, 0.15) is 12.3 Å². The predicted molar refractivity (Wildman–Crippen MR) is 66.1 cm³/mol. The van der Waals surface area contributed by atoms with Crippen LogP contribution in [-0.2, 0) is 21.6 Å². The maximum Gasteiger partial charge on any atom is 0.302 e. The van der Waals surface area contributed by atoms with Crippen LogP contribution >= 0.6 is 0 Å². The summed E-state index contributed by atoms with van der Waals surface area (Å²) in [7, 11) is 0. The Bertz CT molecular complexity index is 433. The van der Waals surface area contributed by atoms with Gasteiger partial charge in [0.2, 0.25) is 0 Å². The van der Waals surface area contributed by atoms with Gasteiger partial charge in [-0.25, -0.2) is 0 Å². The molecule has 4 nitrogen and oxygen atoms in total. The largest absolute Gasteiger partial charge is 0.461 e. The molecule has 0 saturated heterocycles. The topological polar surface area (TPSA) is 55.7 Å². The molecule has 1 aromatic rings. The van der Waals surface area contributed by atoms with Gasteiger partial charge >= 0.3 is 5.97 Å². The molecule has 0 N–H and O–H groups in total. The molecule has 1 rings (SSSR count). The van der Waals surface area contributed by atoms with E-state index in [1.165, 1.54) is 6.92 Å². The average molecular weight is 235 g/mol. The fourth-order valence-corrected chi connectivity index (χ4v) is 1.43. The molecule has 0 heterocycles. The van der Waals surface area contributed by atoms with E-state index < -0.39 is 0 Å². The van der Waals surface area contributed by atoms with Crippen LogP contribution in [0.1, 0.15) is 38.8 Å². The summed E-state index contributed by atoms with van der Waals surface area (Å²) in [5, 5.41) is 2.94. The van der Waals surface area contributed by atoms with Crippen molar-refractivity contribution >= 4 is 11.7 Å². The second-order valence-electron chi connectivity index (χ2n) is 5.01. The summed E-state index contributed by atoms with van der Waals surface area (Å²) in [6.07, 6.45) is 0. The zero-order valence-electron chi connectivity index (χ0n) is 10.6. The third-order valence-electron chi connectivity index (χ3n) is 2.39. The standard InChI is InChI=1S/C13H17NO3/c1-9(15)17-8-10-5-11(13(2,3)4)7-12(6-10)14-16/h5-7H,8H2,1-4H3. The number of ether oxygens (including phenoxy) is 1. The Morgan fingerprint density at radius 1 is 1.29 bits per heavy atom. The van der Waals surface area contributed by atoms with Crippen molar-refractivity contribution in [2.24, 2.45) is 5.18 Å². The van der Waals surface area contributed by atoms with Gasteiger partial charge in [-0.05, 0) is 33.9 Å². The molecule has 0 fully saturated rings. The summed E-state index contributed by atoms with van der Waals surface area (Å²) in [5.74, 6) is -0.341. The lowest BCUT2D eigenvalue weighted by Crippen LogP contribution is -2.11. The molecule has 0 amide bonds. The maximum absolute atomic E-state index is 10.7. The van der Waals surface area contributed by atoms with Crippen LogP contribution in [0.15, 0.2) is 23.4 Å². The molecular formula is C13H17NO3. The SMILES string of the molecule is CC(=O)OCc1cc(N=O)cc(C(C)(C)C)c1. The zero-order chi connectivity index (χ0) is 13.1. The molecular weight excluding hydrogens is 218 g/mol. The van der Waals surface area contributed by atoms with Gasteiger partial charge in [0, 0.05) is 6.92 Å². The minimum atomic E-state index is -0.341. The van der Waals surface area contributed by atoms with Gasteiger partial charge in [-0.15, -0.1) is 4.91 Å². The lowest BCUT2D eigenvalue weighted by molar-refractivity contribution is -0.142. The lowest BCUT2D eigenvalue weighted by Gasteiger charge is -2.20. The lowest BCUT2D eigenvalue weighted by atomic mass is 9.86. The summed E-state index contributed by atoms with van der Waals surface area (Å²) in [5.41, 5.74) is 2.06. The first-order chi connectivity index (χ1) is 7.82. The molecule has 0 aromatic heterocycles. The number of carbonyl (C=O) groups excluding carboxylic acids is 1. The molecule has 0 bridgehead atoms. The monoisotopic (exact) mass is 235 g/mol. The van der Waals surface area contributed by atoms with Gasteiger partial charge in [-0.1, -0.05) is 26.8 Å². The van der Waals surface area contributed by atoms with Crippen molar-refractivity contribution in [3.63, 3.8) is 0 Å². The minimum absolute atomic E-state index is 0.0777. The molecule has 0 aliphatic rings. The Kier molecular flexibility index (Phi) is 3.99. The quantitative estimate of drug-likeness (QED) is 0.595. The van der Waals surface area contributed by atoms with Crippen LogP contribution in [0.3, 0.4) is 0 Å². The van der Waals surface area contributed by atoms with Crippen molar-refractivity contribution in [1.82, 2.24) is 0 Å². The fourth-order valence-electron chi connectivity index (χ4n) is 1.43. The van der Waals surface area contributed by atoms with Crippen molar-refractivity contribution in [2.45, 2.75) is 39.7 Å². The van der Waals surface area contributed by atoms with E-state index in [0.29, 0.717) is 5.69 Å². The number of carbonyl (C=O) groups is 1. The van der Waals surface area contributed by atoms with E-state index in [2.05, 4.69) is 5.18 Å². The molecule has 1 aromatic carbocycles. The first-order valence-corrected chi connectivity index (χ1v) is 5.44. The highest BCUT2D eigenvalue weighted by Gasteiger charge is 2.15. The van der Waals surface area contributed by atoms with Crippen LogP contribution in [0.2, 0.25) is 0 Å². The van der Waals surface area contributed by atoms with Crippen LogP contribution in [0.4, 0.5) is 5.69 Å². The summed E-state index contributed by atoms with van der Waals surface area (Å²) in [6.45, 7) is 7.67. The van der Waals surface area contributed by atoms with E-state index in [1.54, 1.807) is 12.1 Å². The summed E-state index contributed by atoms with van der Waals surface area (Å²) < 4.78 is 4.91. The van der Waals surface area contributed by atoms with Gasteiger partial charge in [-0.2, -0.15) is 0 Å². The third kappa shape index (κ3) is 3.98. The minimum Gasteiger partial charge on any atom is -0.461 e. The van der Waals surface area contributed by atoms with Crippen LogP contribution in [-0.4, -0.2) is 5.97 Å². The first-order valence-electron chi connectivity index (χ1n) is 5.44. The Balaban J connectivity index is 3.05. The molecule has 0 radical (unpaired) electrons. The van der Waals surface area contributed by atoms with Crippen molar-refractivity contribution in [3.8, 4) is 0 Å². The predicted octanol–water partition coefficient (Wildman–Crippen LogP) is 3.45. The van der Waals surface area contributed by atoms with E-state index >= 15 is 0 Å². The van der Waals surface area contributed by atoms with Gasteiger partial charge in [0.25, 0.3) is 0 Å². The molecule has 4 heteroatoms. The molecule has 0 spiro atoms. The molecule has 0 aliphatic carbocycles. The number of nitrogens with zero attached hydrogens (tertiary/aromatic N) is 1. The first kappa shape index (κ1) is 13.4. The number of hydrogen-bond acceptors (Lipinski definition) is 4. The summed E-state index contributed by atoms with van der Waals surface area (Å²) >= 11 is 0. The molecule has 0 aliphatic heterocycles. The smallest absolute Gasteiger partial charge is 0.302 e. The van der Waals surface area contributed by atoms with E-state index in [4.69, 9.17) is 4.74 Å². The number of rotatable bonds is 3. The van der Waals surface area contributed by atoms with Gasteiger partial charge in [-0.3, -0.25) is 4.79 Å². The van der Waals surface area contributed by atoms with Crippen molar-refractivity contribution in [1.29, 1.82) is 0 Å². The van der Waals surface area contributed by atoms with Gasteiger partial charge in [0.15, 0.2) is 0 Å². The van der Waals surface area contributed by atoms with E-state index in [9.17, 15) is 9.70 Å². The maximum atomic E-state index is 10.7. The Morgan fingerprint density at radius 2 is 1.94 bits per heavy atom. The number of nitroso groups, excluding NO2 is 1. The number of esters is 1. The van der Waals surface area contributed by atoms with Crippen molar-refractivity contribution in [2.75, 3.05) is 0 Å². The second-order valence-corrected chi connectivity index (χ2v) is 5.01. The molecule has 0 unspecified atom stereocenters. The highest BCUT2D eigenvalue weighted by Crippen LogP contribution is 2.28. The molecule has 0 atom stereocenters. The second kappa shape index (κ2) is 5.08. The highest BCUT2D eigenvalue weighted by molar-refractivity contribution is 5.66.